The first-order chi connectivity index (χ1) is 11.9. The van der Waals surface area contributed by atoms with Crippen LogP contribution < -0.4 is 4.90 Å². The Morgan fingerprint density at radius 3 is 2.64 bits per heavy atom. The second-order valence-electron chi connectivity index (χ2n) is 7.53. The summed E-state index contributed by atoms with van der Waals surface area (Å²) in [6.07, 6.45) is 3.46. The van der Waals surface area contributed by atoms with Crippen LogP contribution in [0, 0.1) is 25.7 Å². The molecule has 3 rings (SSSR count). The summed E-state index contributed by atoms with van der Waals surface area (Å²) < 4.78 is 0. The summed E-state index contributed by atoms with van der Waals surface area (Å²) in [5.74, 6) is 1.98. The van der Waals surface area contributed by atoms with Gasteiger partial charge in [0.2, 0.25) is 5.91 Å². The second-order valence-corrected chi connectivity index (χ2v) is 8.74. The highest BCUT2D eigenvalue weighted by Crippen LogP contribution is 2.35. The fourth-order valence-electron chi connectivity index (χ4n) is 3.69. The van der Waals surface area contributed by atoms with Crippen LogP contribution in [0.25, 0.3) is 10.2 Å². The van der Waals surface area contributed by atoms with Crippen molar-refractivity contribution in [2.45, 2.75) is 40.5 Å². The highest BCUT2D eigenvalue weighted by Gasteiger charge is 2.29. The van der Waals surface area contributed by atoms with E-state index in [0.717, 1.165) is 43.1 Å². The van der Waals surface area contributed by atoms with Crippen molar-refractivity contribution in [3.05, 3.63) is 16.8 Å². The van der Waals surface area contributed by atoms with Gasteiger partial charge >= 0.3 is 0 Å². The van der Waals surface area contributed by atoms with Gasteiger partial charge in [-0.15, -0.1) is 11.3 Å². The maximum absolute atomic E-state index is 12.6. The van der Waals surface area contributed by atoms with Crippen molar-refractivity contribution in [1.29, 1.82) is 0 Å². The summed E-state index contributed by atoms with van der Waals surface area (Å²) in [5.41, 5.74) is 1.28. The number of piperidine rings is 1. The van der Waals surface area contributed by atoms with Crippen LogP contribution in [0.2, 0.25) is 0 Å². The van der Waals surface area contributed by atoms with Crippen LogP contribution in [-0.2, 0) is 4.79 Å². The Balaban J connectivity index is 1.72. The average molecular weight is 361 g/mol. The van der Waals surface area contributed by atoms with E-state index in [1.807, 2.05) is 11.9 Å². The summed E-state index contributed by atoms with van der Waals surface area (Å²) in [4.78, 5) is 28.2. The topological polar surface area (TPSA) is 49.3 Å². The smallest absolute Gasteiger partial charge is 0.225 e. The number of nitrogens with zero attached hydrogens (tertiary/aromatic N) is 4. The fourth-order valence-corrected chi connectivity index (χ4v) is 4.68. The summed E-state index contributed by atoms with van der Waals surface area (Å²) >= 11 is 1.73. The molecule has 1 saturated heterocycles. The van der Waals surface area contributed by atoms with Gasteiger partial charge in [-0.2, -0.15) is 0 Å². The van der Waals surface area contributed by atoms with Gasteiger partial charge < -0.3 is 9.80 Å². The lowest BCUT2D eigenvalue weighted by atomic mass is 9.95. The van der Waals surface area contributed by atoms with Gasteiger partial charge in [0.15, 0.2) is 0 Å². The monoisotopic (exact) mass is 360 g/mol. The van der Waals surface area contributed by atoms with E-state index in [4.69, 9.17) is 0 Å². The third kappa shape index (κ3) is 3.64. The number of anilines is 1. The lowest BCUT2D eigenvalue weighted by Crippen LogP contribution is -2.42. The minimum atomic E-state index is 0.141. The van der Waals surface area contributed by atoms with E-state index >= 15 is 0 Å². The van der Waals surface area contributed by atoms with Crippen molar-refractivity contribution in [2.75, 3.05) is 31.6 Å². The number of carbonyl (C=O) groups excluding carboxylic acids is 1. The molecule has 3 heterocycles. The molecule has 25 heavy (non-hydrogen) atoms. The first-order valence-corrected chi connectivity index (χ1v) is 9.90. The van der Waals surface area contributed by atoms with E-state index in [9.17, 15) is 4.79 Å². The minimum absolute atomic E-state index is 0.141. The number of hydrogen-bond donors (Lipinski definition) is 0. The molecule has 0 radical (unpaired) electrons. The van der Waals surface area contributed by atoms with Crippen LogP contribution in [0.1, 0.15) is 37.1 Å². The summed E-state index contributed by atoms with van der Waals surface area (Å²) in [6, 6.07) is 0. The van der Waals surface area contributed by atoms with Gasteiger partial charge in [-0.1, -0.05) is 13.8 Å². The van der Waals surface area contributed by atoms with Gasteiger partial charge in [-0.05, 0) is 38.2 Å². The molecular weight excluding hydrogens is 332 g/mol. The van der Waals surface area contributed by atoms with E-state index in [1.54, 1.807) is 17.7 Å². The van der Waals surface area contributed by atoms with Crippen molar-refractivity contribution >= 4 is 33.3 Å². The first-order valence-electron chi connectivity index (χ1n) is 9.09. The SMILES string of the molecule is Cc1sc2ncnc(N3CCC(C(=O)N(C)CC(C)C)CC3)c2c1C. The number of fused-ring (bicyclic) bond motifs is 1. The molecule has 6 heteroatoms. The van der Waals surface area contributed by atoms with Crippen LogP contribution in [0.4, 0.5) is 5.82 Å². The molecule has 136 valence electrons. The first kappa shape index (κ1) is 18.1. The zero-order valence-electron chi connectivity index (χ0n) is 15.9. The molecule has 0 unspecified atom stereocenters. The standard InChI is InChI=1S/C19H28N4OS/c1-12(2)10-22(5)19(24)15-6-8-23(9-7-15)17-16-13(3)14(4)25-18(16)21-11-20-17/h11-12,15H,6-10H2,1-5H3. The number of aromatic nitrogens is 2. The van der Waals surface area contributed by atoms with Gasteiger partial charge in [0, 0.05) is 37.5 Å². The molecular formula is C19H28N4OS. The predicted molar refractivity (Wildman–Crippen MR) is 104 cm³/mol. The van der Waals surface area contributed by atoms with E-state index in [-0.39, 0.29) is 5.92 Å². The number of aryl methyl sites for hydroxylation is 2. The quantitative estimate of drug-likeness (QED) is 0.835. The molecule has 1 fully saturated rings. The van der Waals surface area contributed by atoms with Crippen molar-refractivity contribution < 1.29 is 4.79 Å². The highest BCUT2D eigenvalue weighted by atomic mass is 32.1. The van der Waals surface area contributed by atoms with E-state index in [0.29, 0.717) is 11.8 Å². The number of thiophene rings is 1. The summed E-state index contributed by atoms with van der Waals surface area (Å²) in [6.45, 7) is 11.2. The Hall–Kier alpha value is -1.69. The third-order valence-electron chi connectivity index (χ3n) is 5.10. The molecule has 2 aromatic heterocycles. The number of amides is 1. The van der Waals surface area contributed by atoms with Gasteiger partial charge in [0.25, 0.3) is 0 Å². The van der Waals surface area contributed by atoms with Crippen molar-refractivity contribution in [3.63, 3.8) is 0 Å². The van der Waals surface area contributed by atoms with Gasteiger partial charge in [-0.25, -0.2) is 9.97 Å². The molecule has 1 amide bonds. The number of hydrogen-bond acceptors (Lipinski definition) is 5. The Bertz CT molecular complexity index is 762. The van der Waals surface area contributed by atoms with Crippen molar-refractivity contribution in [1.82, 2.24) is 14.9 Å². The molecule has 0 N–H and O–H groups in total. The minimum Gasteiger partial charge on any atom is -0.356 e. The van der Waals surface area contributed by atoms with Crippen LogP contribution in [0.3, 0.4) is 0 Å². The molecule has 0 aliphatic carbocycles. The largest absolute Gasteiger partial charge is 0.356 e. The lowest BCUT2D eigenvalue weighted by Gasteiger charge is -2.34. The van der Waals surface area contributed by atoms with Gasteiger partial charge in [-0.3, -0.25) is 4.79 Å². The Labute approximate surface area is 154 Å². The van der Waals surface area contributed by atoms with E-state index < -0.39 is 0 Å². The van der Waals surface area contributed by atoms with Gasteiger partial charge in [0.1, 0.15) is 17.0 Å². The molecule has 0 aromatic carbocycles. The number of rotatable bonds is 4. The Morgan fingerprint density at radius 2 is 2.00 bits per heavy atom. The fraction of sp³-hybridized carbons (Fsp3) is 0.632. The van der Waals surface area contributed by atoms with Crippen LogP contribution in [0.5, 0.6) is 0 Å². The van der Waals surface area contributed by atoms with Gasteiger partial charge in [0.05, 0.1) is 5.39 Å². The molecule has 0 saturated carbocycles. The number of carbonyl (C=O) groups is 1. The molecule has 5 nitrogen and oxygen atoms in total. The maximum atomic E-state index is 12.6. The second kappa shape index (κ2) is 7.28. The highest BCUT2D eigenvalue weighted by molar-refractivity contribution is 7.18. The molecule has 0 bridgehead atoms. The molecule has 2 aromatic rings. The Morgan fingerprint density at radius 1 is 1.32 bits per heavy atom. The van der Waals surface area contributed by atoms with Crippen molar-refractivity contribution in [3.8, 4) is 0 Å². The molecule has 0 atom stereocenters. The average Bonchev–Trinajstić information content (AvgIpc) is 2.88. The van der Waals surface area contributed by atoms with Crippen LogP contribution in [0.15, 0.2) is 6.33 Å². The van der Waals surface area contributed by atoms with E-state index in [2.05, 4.69) is 42.6 Å². The zero-order chi connectivity index (χ0) is 18.1. The maximum Gasteiger partial charge on any atom is 0.225 e. The summed E-state index contributed by atoms with van der Waals surface area (Å²) in [5, 5.41) is 1.19. The molecule has 0 spiro atoms. The lowest BCUT2D eigenvalue weighted by molar-refractivity contribution is -0.135. The molecule has 1 aliphatic heterocycles. The van der Waals surface area contributed by atoms with Crippen molar-refractivity contribution in [2.24, 2.45) is 11.8 Å². The Kier molecular flexibility index (Phi) is 5.27. The third-order valence-corrected chi connectivity index (χ3v) is 6.22. The predicted octanol–water partition coefficient (Wildman–Crippen LogP) is 3.64. The van der Waals surface area contributed by atoms with Crippen LogP contribution in [-0.4, -0.2) is 47.5 Å². The zero-order valence-corrected chi connectivity index (χ0v) is 16.7. The van der Waals surface area contributed by atoms with Crippen LogP contribution >= 0.6 is 11.3 Å². The molecule has 1 aliphatic rings. The summed E-state index contributed by atoms with van der Waals surface area (Å²) in [7, 11) is 1.93. The normalized spacial score (nSPS) is 16.0. The van der Waals surface area contributed by atoms with E-state index in [1.165, 1.54) is 15.8 Å².